The van der Waals surface area contributed by atoms with Gasteiger partial charge in [0.05, 0.1) is 0 Å². The molecule has 0 fully saturated rings. The number of aryl methyl sites for hydroxylation is 1. The van der Waals surface area contributed by atoms with Gasteiger partial charge in [0, 0.05) is 30.2 Å². The average Bonchev–Trinajstić information content (AvgIpc) is 2.60. The Labute approximate surface area is 147 Å². The number of rotatable bonds is 5. The molecule has 2 aromatic rings. The first-order valence-electron chi connectivity index (χ1n) is 8.21. The molecule has 0 unspecified atom stereocenters. The Morgan fingerprint density at radius 1 is 0.960 bits per heavy atom. The second-order valence-corrected chi connectivity index (χ2v) is 5.63. The fourth-order valence-electron chi connectivity index (χ4n) is 2.49. The van der Waals surface area contributed by atoms with Crippen LogP contribution in [0.2, 0.25) is 0 Å². The van der Waals surface area contributed by atoms with Crippen LogP contribution < -0.4 is 15.5 Å². The molecule has 0 aliphatic rings. The van der Waals surface area contributed by atoms with Crippen LogP contribution in [0.1, 0.15) is 19.4 Å². The highest BCUT2D eigenvalue weighted by molar-refractivity contribution is 6.43. The van der Waals surface area contributed by atoms with Crippen LogP contribution in [0.25, 0.3) is 0 Å². The molecule has 2 rings (SSSR count). The van der Waals surface area contributed by atoms with Crippen molar-refractivity contribution in [2.75, 3.05) is 28.6 Å². The number of nitrogens with one attached hydrogen (secondary N) is 2. The molecule has 0 spiro atoms. The molecule has 2 amide bonds. The summed E-state index contributed by atoms with van der Waals surface area (Å²) in [6, 6.07) is 11.6. The molecule has 0 aromatic heterocycles. The van der Waals surface area contributed by atoms with Crippen LogP contribution in [-0.4, -0.2) is 30.0 Å². The molecule has 132 valence electrons. The molecule has 3 N–H and O–H groups in total. The normalized spacial score (nSPS) is 10.2. The van der Waals surface area contributed by atoms with E-state index in [1.54, 1.807) is 6.07 Å². The van der Waals surface area contributed by atoms with Crippen molar-refractivity contribution in [3.05, 3.63) is 48.0 Å². The van der Waals surface area contributed by atoms with Gasteiger partial charge in [-0.3, -0.25) is 9.59 Å². The van der Waals surface area contributed by atoms with E-state index in [-0.39, 0.29) is 5.75 Å². The van der Waals surface area contributed by atoms with Crippen LogP contribution in [0, 0.1) is 6.92 Å². The summed E-state index contributed by atoms with van der Waals surface area (Å²) >= 11 is 0. The molecule has 0 atom stereocenters. The highest BCUT2D eigenvalue weighted by Gasteiger charge is 2.15. The number of nitrogens with zero attached hydrogens (tertiary/aromatic N) is 1. The van der Waals surface area contributed by atoms with Crippen LogP contribution >= 0.6 is 0 Å². The number of amides is 2. The third-order valence-corrected chi connectivity index (χ3v) is 3.92. The lowest BCUT2D eigenvalue weighted by Crippen LogP contribution is -2.29. The fourth-order valence-corrected chi connectivity index (χ4v) is 2.49. The van der Waals surface area contributed by atoms with Crippen molar-refractivity contribution in [1.82, 2.24) is 0 Å². The molecule has 0 radical (unpaired) electrons. The highest BCUT2D eigenvalue weighted by Crippen LogP contribution is 2.22. The van der Waals surface area contributed by atoms with Crippen molar-refractivity contribution < 1.29 is 14.7 Å². The number of aromatic hydroxyl groups is 1. The summed E-state index contributed by atoms with van der Waals surface area (Å²) in [5.41, 5.74) is 3.00. The van der Waals surface area contributed by atoms with Gasteiger partial charge < -0.3 is 20.6 Å². The number of phenolic OH excluding ortho intramolecular Hbond substituents is 1. The Hall–Kier alpha value is -3.02. The van der Waals surface area contributed by atoms with Crippen molar-refractivity contribution in [3.8, 4) is 5.75 Å². The molecular formula is C19H23N3O3. The standard InChI is InChI=1S/C19H23N3O3/c1-4-22(5-2)15-8-11-17(13(3)12-15)21-19(25)18(24)20-14-6-9-16(23)10-7-14/h6-12,23H,4-5H2,1-3H3,(H,20,24)(H,21,25). The maximum Gasteiger partial charge on any atom is 0.314 e. The number of phenols is 1. The van der Waals surface area contributed by atoms with Crippen LogP contribution in [0.5, 0.6) is 5.75 Å². The van der Waals surface area contributed by atoms with E-state index in [2.05, 4.69) is 29.4 Å². The summed E-state index contributed by atoms with van der Waals surface area (Å²) in [6.45, 7) is 7.86. The molecule has 0 aliphatic heterocycles. The number of carbonyl (C=O) groups is 2. The molecule has 0 heterocycles. The maximum absolute atomic E-state index is 12.1. The molecule has 0 bridgehead atoms. The largest absolute Gasteiger partial charge is 0.508 e. The Balaban J connectivity index is 2.04. The molecule has 25 heavy (non-hydrogen) atoms. The van der Waals surface area contributed by atoms with Gasteiger partial charge >= 0.3 is 11.8 Å². The number of hydrogen-bond donors (Lipinski definition) is 3. The SMILES string of the molecule is CCN(CC)c1ccc(NC(=O)C(=O)Nc2ccc(O)cc2)c(C)c1. The zero-order chi connectivity index (χ0) is 18.4. The van der Waals surface area contributed by atoms with Gasteiger partial charge in [-0.2, -0.15) is 0 Å². The van der Waals surface area contributed by atoms with Crippen LogP contribution in [0.4, 0.5) is 17.1 Å². The van der Waals surface area contributed by atoms with Gasteiger partial charge in [0.1, 0.15) is 5.75 Å². The lowest BCUT2D eigenvalue weighted by Gasteiger charge is -2.22. The Bertz CT molecular complexity index is 753. The minimum atomic E-state index is -0.766. The van der Waals surface area contributed by atoms with E-state index in [9.17, 15) is 14.7 Å². The second kappa shape index (κ2) is 8.19. The minimum absolute atomic E-state index is 0.0892. The summed E-state index contributed by atoms with van der Waals surface area (Å²) in [7, 11) is 0. The first-order valence-corrected chi connectivity index (χ1v) is 8.21. The quantitative estimate of drug-likeness (QED) is 0.576. The molecule has 0 aliphatic carbocycles. The topological polar surface area (TPSA) is 81.7 Å². The molecule has 0 saturated heterocycles. The summed E-state index contributed by atoms with van der Waals surface area (Å²) in [4.78, 5) is 26.3. The van der Waals surface area contributed by atoms with Gasteiger partial charge in [0.2, 0.25) is 0 Å². The zero-order valence-electron chi connectivity index (χ0n) is 14.7. The van der Waals surface area contributed by atoms with Crippen LogP contribution in [-0.2, 0) is 9.59 Å². The molecular weight excluding hydrogens is 318 g/mol. The van der Waals surface area contributed by atoms with Gasteiger partial charge in [-0.15, -0.1) is 0 Å². The van der Waals surface area contributed by atoms with E-state index in [0.29, 0.717) is 11.4 Å². The Morgan fingerprint density at radius 3 is 2.12 bits per heavy atom. The van der Waals surface area contributed by atoms with Gasteiger partial charge in [0.25, 0.3) is 0 Å². The molecule has 6 heteroatoms. The predicted molar refractivity (Wildman–Crippen MR) is 100 cm³/mol. The molecule has 6 nitrogen and oxygen atoms in total. The average molecular weight is 341 g/mol. The van der Waals surface area contributed by atoms with E-state index in [4.69, 9.17) is 0 Å². The molecule has 0 saturated carbocycles. The first-order chi connectivity index (χ1) is 11.9. The number of hydrogen-bond acceptors (Lipinski definition) is 4. The predicted octanol–water partition coefficient (Wildman–Crippen LogP) is 3.12. The number of benzene rings is 2. The summed E-state index contributed by atoms with van der Waals surface area (Å²) in [6.07, 6.45) is 0. The number of carbonyl (C=O) groups excluding carboxylic acids is 2. The van der Waals surface area contributed by atoms with E-state index >= 15 is 0 Å². The van der Waals surface area contributed by atoms with Gasteiger partial charge in [0.15, 0.2) is 0 Å². The number of anilines is 3. The van der Waals surface area contributed by atoms with E-state index in [1.807, 2.05) is 19.1 Å². The monoisotopic (exact) mass is 341 g/mol. The molecule has 2 aromatic carbocycles. The third kappa shape index (κ3) is 4.73. The third-order valence-electron chi connectivity index (χ3n) is 3.92. The fraction of sp³-hybridized carbons (Fsp3) is 0.263. The summed E-state index contributed by atoms with van der Waals surface area (Å²) in [5, 5.41) is 14.3. The van der Waals surface area contributed by atoms with Crippen molar-refractivity contribution in [2.45, 2.75) is 20.8 Å². The second-order valence-electron chi connectivity index (χ2n) is 5.63. The lowest BCUT2D eigenvalue weighted by molar-refractivity contribution is -0.133. The Kier molecular flexibility index (Phi) is 6.00. The van der Waals surface area contributed by atoms with Gasteiger partial charge in [-0.05, 0) is 68.8 Å². The zero-order valence-corrected chi connectivity index (χ0v) is 14.7. The van der Waals surface area contributed by atoms with Crippen molar-refractivity contribution in [2.24, 2.45) is 0 Å². The van der Waals surface area contributed by atoms with E-state index < -0.39 is 11.8 Å². The summed E-state index contributed by atoms with van der Waals surface area (Å²) in [5.74, 6) is -1.42. The highest BCUT2D eigenvalue weighted by atomic mass is 16.3. The van der Waals surface area contributed by atoms with Gasteiger partial charge in [-0.25, -0.2) is 0 Å². The summed E-state index contributed by atoms with van der Waals surface area (Å²) < 4.78 is 0. The van der Waals surface area contributed by atoms with E-state index in [0.717, 1.165) is 24.3 Å². The van der Waals surface area contributed by atoms with Crippen LogP contribution in [0.15, 0.2) is 42.5 Å². The van der Waals surface area contributed by atoms with E-state index in [1.165, 1.54) is 24.3 Å². The maximum atomic E-state index is 12.1. The minimum Gasteiger partial charge on any atom is -0.508 e. The van der Waals surface area contributed by atoms with Crippen molar-refractivity contribution in [1.29, 1.82) is 0 Å². The van der Waals surface area contributed by atoms with Crippen molar-refractivity contribution >= 4 is 28.9 Å². The van der Waals surface area contributed by atoms with Gasteiger partial charge in [-0.1, -0.05) is 0 Å². The van der Waals surface area contributed by atoms with Crippen LogP contribution in [0.3, 0.4) is 0 Å². The smallest absolute Gasteiger partial charge is 0.314 e. The Morgan fingerprint density at radius 2 is 1.56 bits per heavy atom. The van der Waals surface area contributed by atoms with Crippen molar-refractivity contribution in [3.63, 3.8) is 0 Å². The lowest BCUT2D eigenvalue weighted by atomic mass is 10.1. The first kappa shape index (κ1) is 18.3.